The molecule has 4 heteroatoms. The Morgan fingerprint density at radius 2 is 0.873 bits per heavy atom. The second-order valence-corrected chi connectivity index (χ2v) is 13.5. The summed E-state index contributed by atoms with van der Waals surface area (Å²) in [7, 11) is 0. The van der Waals surface area contributed by atoms with Gasteiger partial charge >= 0.3 is 0 Å². The van der Waals surface area contributed by atoms with E-state index in [0.717, 1.165) is 20.2 Å². The molecule has 0 saturated heterocycles. The molecule has 0 unspecified atom stereocenters. The molecule has 0 radical (unpaired) electrons. The predicted molar refractivity (Wildman–Crippen MR) is 232 cm³/mol. The highest BCUT2D eigenvalue weighted by molar-refractivity contribution is 7.26. The number of rotatable bonds is 5. The fourth-order valence-corrected chi connectivity index (χ4v) is 7.92. The van der Waals surface area contributed by atoms with E-state index >= 15 is 0 Å². The Bertz CT molecular complexity index is 4330. The maximum Gasteiger partial charge on any atom is 0.165 e. The van der Waals surface area contributed by atoms with Crippen molar-refractivity contribution in [1.82, 2.24) is 15.0 Å². The van der Waals surface area contributed by atoms with Gasteiger partial charge in [-0.2, -0.15) is 0 Å². The molecule has 0 N–H and O–H groups in total. The van der Waals surface area contributed by atoms with E-state index in [1.807, 2.05) is 42.5 Å². The summed E-state index contributed by atoms with van der Waals surface area (Å²) in [5.74, 6) is -0.0230. The van der Waals surface area contributed by atoms with Gasteiger partial charge in [0.25, 0.3) is 0 Å². The number of benzene rings is 9. The normalized spacial score (nSPS) is 16.5. The first-order chi connectivity index (χ1) is 35.2. The van der Waals surface area contributed by atoms with Gasteiger partial charge in [0.1, 0.15) is 0 Å². The van der Waals surface area contributed by atoms with Crippen LogP contribution >= 0.6 is 11.3 Å². The molecule has 0 saturated carbocycles. The summed E-state index contributed by atoms with van der Waals surface area (Å²) in [6.45, 7) is 0. The van der Waals surface area contributed by atoms with Gasteiger partial charge in [0, 0.05) is 36.9 Å². The van der Waals surface area contributed by atoms with Gasteiger partial charge in [-0.15, -0.1) is 11.3 Å². The minimum absolute atomic E-state index is 0.122. The Kier molecular flexibility index (Phi) is 4.17. The summed E-state index contributed by atoms with van der Waals surface area (Å²) >= 11 is 1.50. The van der Waals surface area contributed by atoms with E-state index in [2.05, 4.69) is 0 Å². The van der Waals surface area contributed by atoms with Crippen LogP contribution in [0.5, 0.6) is 0 Å². The van der Waals surface area contributed by atoms with E-state index in [1.54, 1.807) is 30.3 Å². The number of fused-ring (bicyclic) bond motifs is 9. The highest BCUT2D eigenvalue weighted by Gasteiger charge is 2.17. The molecule has 11 aromatic rings. The van der Waals surface area contributed by atoms with Crippen molar-refractivity contribution >= 4 is 63.8 Å². The number of nitrogens with zero attached hydrogens (tertiary/aromatic N) is 3. The molecule has 0 amide bonds. The van der Waals surface area contributed by atoms with Crippen LogP contribution in [0, 0.1) is 0 Å². The Morgan fingerprint density at radius 1 is 0.345 bits per heavy atom. The second-order valence-electron chi connectivity index (χ2n) is 12.5. The van der Waals surface area contributed by atoms with Crippen LogP contribution in [0.4, 0.5) is 0 Å². The van der Waals surface area contributed by atoms with Gasteiger partial charge in [0.05, 0.1) is 26.0 Å². The Morgan fingerprint density at radius 3 is 1.58 bits per heavy atom. The van der Waals surface area contributed by atoms with Gasteiger partial charge in [-0.1, -0.05) is 157 Å². The third-order valence-electron chi connectivity index (χ3n) is 9.22. The monoisotopic (exact) mass is 736 g/mol. The van der Waals surface area contributed by atoms with Crippen molar-refractivity contribution in [3.8, 4) is 56.4 Å². The van der Waals surface area contributed by atoms with Crippen molar-refractivity contribution in [1.29, 1.82) is 0 Å². The van der Waals surface area contributed by atoms with Gasteiger partial charge < -0.3 is 0 Å². The topological polar surface area (TPSA) is 38.7 Å². The summed E-state index contributed by atoms with van der Waals surface area (Å²) in [4.78, 5) is 14.4. The standard InChI is InChI=1S/C51H31N3S/c1-2-13-32(14-3-1)49-52-50(54-51(53-49)45-25-12-24-44-43-23-8-9-26-47(43)55-48(44)45)37-18-11-17-35(30-37)33-15-10-16-34(29-33)36-27-28-42-40-21-5-4-19-38(40)39-20-6-7-22-41(39)46(42)31-36/h1-31H/i4D,5D,6D,7D,10D,11D,15D,16D,17D,18D,19D,20D,21D,22D,27D,28D,29D,30D,31D. The zero-order valence-corrected chi connectivity index (χ0v) is 29.0. The number of aromatic nitrogens is 3. The fourth-order valence-electron chi connectivity index (χ4n) is 6.70. The Labute approximate surface area is 348 Å². The summed E-state index contributed by atoms with van der Waals surface area (Å²) in [5.41, 5.74) is -2.08. The van der Waals surface area contributed by atoms with Gasteiger partial charge in [0.15, 0.2) is 17.5 Å². The number of thiophene rings is 1. The molecule has 2 heterocycles. The molecule has 0 fully saturated rings. The summed E-state index contributed by atoms with van der Waals surface area (Å²) in [6.07, 6.45) is 0. The van der Waals surface area contributed by atoms with E-state index < -0.39 is 175 Å². The maximum atomic E-state index is 9.76. The van der Waals surface area contributed by atoms with Crippen LogP contribution in [0.25, 0.3) is 109 Å². The lowest BCUT2D eigenvalue weighted by atomic mass is 9.91. The summed E-state index contributed by atoms with van der Waals surface area (Å²) in [5, 5.41) is -0.754. The van der Waals surface area contributed by atoms with Crippen molar-refractivity contribution in [3.05, 3.63) is 188 Å². The van der Waals surface area contributed by atoms with Crippen molar-refractivity contribution in [2.45, 2.75) is 0 Å². The first kappa shape index (κ1) is 17.9. The quantitative estimate of drug-likeness (QED) is 0.165. The van der Waals surface area contributed by atoms with Crippen molar-refractivity contribution in [2.75, 3.05) is 0 Å². The molecule has 9 aromatic carbocycles. The van der Waals surface area contributed by atoms with Crippen LogP contribution in [0.2, 0.25) is 0 Å². The minimum atomic E-state index is -0.928. The molecular formula is C51H31N3S. The van der Waals surface area contributed by atoms with E-state index in [9.17, 15) is 12.3 Å². The maximum absolute atomic E-state index is 9.76. The van der Waals surface area contributed by atoms with Crippen LogP contribution in [-0.4, -0.2) is 15.0 Å². The molecule has 0 aliphatic rings. The summed E-state index contributed by atoms with van der Waals surface area (Å²) < 4.78 is 175. The summed E-state index contributed by atoms with van der Waals surface area (Å²) in [6, 6.07) is 7.00. The fraction of sp³-hybridized carbons (Fsp3) is 0. The molecule has 256 valence electrons. The van der Waals surface area contributed by atoms with Gasteiger partial charge in [-0.05, 0) is 84.8 Å². The second kappa shape index (κ2) is 12.8. The Balaban J connectivity index is 1.23. The molecule has 0 atom stereocenters. The lowest BCUT2D eigenvalue weighted by molar-refractivity contribution is 1.08. The molecule has 0 aliphatic heterocycles. The third-order valence-corrected chi connectivity index (χ3v) is 10.4. The van der Waals surface area contributed by atoms with Gasteiger partial charge in [-0.25, -0.2) is 15.0 Å². The highest BCUT2D eigenvalue weighted by Crippen LogP contribution is 2.41. The molecule has 0 bridgehead atoms. The van der Waals surface area contributed by atoms with Crippen LogP contribution < -0.4 is 0 Å². The molecule has 0 spiro atoms. The van der Waals surface area contributed by atoms with Crippen LogP contribution in [0.1, 0.15) is 26.0 Å². The van der Waals surface area contributed by atoms with Crippen molar-refractivity contribution < 1.29 is 26.0 Å². The van der Waals surface area contributed by atoms with Crippen LogP contribution in [-0.2, 0) is 0 Å². The first-order valence-corrected chi connectivity index (χ1v) is 17.8. The van der Waals surface area contributed by atoms with Crippen LogP contribution in [0.15, 0.2) is 188 Å². The smallest absolute Gasteiger partial charge is 0.165 e. The molecule has 2 aromatic heterocycles. The number of hydrogen-bond donors (Lipinski definition) is 0. The lowest BCUT2D eigenvalue weighted by Crippen LogP contribution is -2.00. The number of hydrogen-bond acceptors (Lipinski definition) is 4. The molecule has 0 aliphatic carbocycles. The molecule has 55 heavy (non-hydrogen) atoms. The highest BCUT2D eigenvalue weighted by atomic mass is 32.1. The Hall–Kier alpha value is -7.01. The first-order valence-electron chi connectivity index (χ1n) is 26.5. The van der Waals surface area contributed by atoms with E-state index in [4.69, 9.17) is 28.7 Å². The van der Waals surface area contributed by atoms with Crippen LogP contribution in [0.3, 0.4) is 0 Å². The lowest BCUT2D eigenvalue weighted by Gasteiger charge is -2.13. The van der Waals surface area contributed by atoms with Crippen molar-refractivity contribution in [3.63, 3.8) is 0 Å². The minimum Gasteiger partial charge on any atom is -0.208 e. The van der Waals surface area contributed by atoms with E-state index in [1.165, 1.54) is 11.3 Å². The molecule has 3 nitrogen and oxygen atoms in total. The zero-order valence-electron chi connectivity index (χ0n) is 47.2. The van der Waals surface area contributed by atoms with Crippen molar-refractivity contribution in [2.24, 2.45) is 0 Å². The molecule has 11 rings (SSSR count). The van der Waals surface area contributed by atoms with E-state index in [-0.39, 0.29) is 17.5 Å². The largest absolute Gasteiger partial charge is 0.208 e. The van der Waals surface area contributed by atoms with Gasteiger partial charge in [0.2, 0.25) is 0 Å². The third kappa shape index (κ3) is 5.38. The van der Waals surface area contributed by atoms with E-state index in [0.29, 0.717) is 11.1 Å². The zero-order chi connectivity index (χ0) is 52.8. The van der Waals surface area contributed by atoms with Gasteiger partial charge in [-0.3, -0.25) is 0 Å². The molecular weight excluding hydrogens is 687 g/mol. The average Bonchev–Trinajstić information content (AvgIpc) is 3.82. The predicted octanol–water partition coefficient (Wildman–Crippen LogP) is 14.0. The average molecular weight is 737 g/mol. The SMILES string of the molecule is [2H]c1c([2H])c(-c2nc(-c3ccccc3)nc(-c3cccc4c3sc3ccccc34)n2)c([2H])c(-c2c([2H])c([2H])c([2H])c(-c3c([2H])c([2H])c4c5c([2H])c([2H])c([2H])c([2H])c5c5c([2H])c([2H])c([2H])c([2H])c5c4c3[2H])c2[2H])c1[2H].